The van der Waals surface area contributed by atoms with Gasteiger partial charge in [-0.1, -0.05) is 24.3 Å². The van der Waals surface area contributed by atoms with Gasteiger partial charge in [0.2, 0.25) is 0 Å². The van der Waals surface area contributed by atoms with Gasteiger partial charge >= 0.3 is 0 Å². The number of fused-ring (bicyclic) bond motifs is 3. The van der Waals surface area contributed by atoms with Crippen molar-refractivity contribution in [1.29, 1.82) is 0 Å². The predicted molar refractivity (Wildman–Crippen MR) is 56.2 cm³/mol. The van der Waals surface area contributed by atoms with Gasteiger partial charge in [0.15, 0.2) is 0 Å². The summed E-state index contributed by atoms with van der Waals surface area (Å²) in [6.45, 7) is 2.14. The van der Waals surface area contributed by atoms with Crippen LogP contribution in [0.4, 0.5) is 0 Å². The third kappa shape index (κ3) is 0.830. The molecule has 2 nitrogen and oxygen atoms in total. The number of aromatic nitrogens is 2. The lowest BCUT2D eigenvalue weighted by Crippen LogP contribution is -1.95. The molecule has 1 aliphatic rings. The number of nitrogens with zero attached hydrogens (tertiary/aromatic N) is 2. The molecule has 0 aliphatic heterocycles. The van der Waals surface area contributed by atoms with Gasteiger partial charge in [-0.2, -0.15) is 5.10 Å². The zero-order chi connectivity index (χ0) is 9.71. The quantitative estimate of drug-likeness (QED) is 0.524. The summed E-state index contributed by atoms with van der Waals surface area (Å²) in [5.41, 5.74) is 6.59. The fourth-order valence-electron chi connectivity index (χ4n) is 2.18. The average molecular weight is 184 g/mol. The highest BCUT2D eigenvalue weighted by Crippen LogP contribution is 2.36. The highest BCUT2D eigenvalue weighted by Gasteiger charge is 2.23. The highest BCUT2D eigenvalue weighted by molar-refractivity contribution is 5.74. The van der Waals surface area contributed by atoms with Gasteiger partial charge in [-0.25, -0.2) is 0 Å². The zero-order valence-electron chi connectivity index (χ0n) is 8.41. The van der Waals surface area contributed by atoms with Crippen LogP contribution in [0.25, 0.3) is 11.3 Å². The third-order valence-electron chi connectivity index (χ3n) is 3.10. The molecule has 0 unspecified atom stereocenters. The molecule has 1 aromatic carbocycles. The number of hydrogen-bond acceptors (Lipinski definition) is 1. The lowest BCUT2D eigenvalue weighted by molar-refractivity contribution is 0.739. The topological polar surface area (TPSA) is 17.8 Å². The Bertz CT molecular complexity index is 509. The Morgan fingerprint density at radius 2 is 2.07 bits per heavy atom. The van der Waals surface area contributed by atoms with Gasteiger partial charge in [-0.3, -0.25) is 4.68 Å². The van der Waals surface area contributed by atoms with E-state index < -0.39 is 0 Å². The Morgan fingerprint density at radius 3 is 2.93 bits per heavy atom. The van der Waals surface area contributed by atoms with Crippen LogP contribution >= 0.6 is 0 Å². The molecule has 1 aromatic heterocycles. The molecule has 3 rings (SSSR count). The third-order valence-corrected chi connectivity index (χ3v) is 3.10. The normalized spacial score (nSPS) is 12.7. The first-order valence-corrected chi connectivity index (χ1v) is 4.88. The maximum atomic E-state index is 4.55. The Balaban J connectivity index is 2.31. The Morgan fingerprint density at radius 1 is 1.29 bits per heavy atom. The molecule has 0 spiro atoms. The van der Waals surface area contributed by atoms with Crippen molar-refractivity contribution in [2.45, 2.75) is 13.3 Å². The first kappa shape index (κ1) is 7.80. The Hall–Kier alpha value is -1.57. The lowest BCUT2D eigenvalue weighted by Gasteiger charge is -1.99. The van der Waals surface area contributed by atoms with Crippen molar-refractivity contribution >= 4 is 0 Å². The number of benzene rings is 1. The standard InChI is InChI=1S/C12H12N2/c1-8-11-7-9-5-3-4-6-10(9)12(11)13-14(8)2/h3-6H,7H2,1-2H3. The molecule has 2 aromatic rings. The van der Waals surface area contributed by atoms with Gasteiger partial charge in [0.25, 0.3) is 0 Å². The Kier molecular flexibility index (Phi) is 1.38. The van der Waals surface area contributed by atoms with Crippen molar-refractivity contribution in [3.05, 3.63) is 41.1 Å². The van der Waals surface area contributed by atoms with Gasteiger partial charge in [-0.15, -0.1) is 0 Å². The molecule has 0 atom stereocenters. The lowest BCUT2D eigenvalue weighted by atomic mass is 10.1. The summed E-state index contributed by atoms with van der Waals surface area (Å²) in [7, 11) is 2.01. The molecular weight excluding hydrogens is 172 g/mol. The summed E-state index contributed by atoms with van der Waals surface area (Å²) in [5, 5.41) is 4.55. The monoisotopic (exact) mass is 184 g/mol. The Labute approximate surface area is 83.2 Å². The minimum absolute atomic E-state index is 1.05. The van der Waals surface area contributed by atoms with Gasteiger partial charge in [0.05, 0.1) is 5.69 Å². The van der Waals surface area contributed by atoms with E-state index in [9.17, 15) is 0 Å². The van der Waals surface area contributed by atoms with E-state index in [4.69, 9.17) is 0 Å². The van der Waals surface area contributed by atoms with E-state index in [1.54, 1.807) is 0 Å². The van der Waals surface area contributed by atoms with Crippen LogP contribution in [0.2, 0.25) is 0 Å². The molecule has 1 heterocycles. The minimum Gasteiger partial charge on any atom is -0.272 e. The average Bonchev–Trinajstić information content (AvgIpc) is 2.67. The van der Waals surface area contributed by atoms with Crippen LogP contribution in [0.5, 0.6) is 0 Å². The highest BCUT2D eigenvalue weighted by atomic mass is 15.3. The molecule has 1 aliphatic carbocycles. The molecule has 0 radical (unpaired) electrons. The van der Waals surface area contributed by atoms with Gasteiger partial charge in [0, 0.05) is 30.3 Å². The van der Waals surface area contributed by atoms with Crippen molar-refractivity contribution in [1.82, 2.24) is 9.78 Å². The molecule has 0 N–H and O–H groups in total. The molecule has 14 heavy (non-hydrogen) atoms. The molecule has 0 amide bonds. The van der Waals surface area contributed by atoms with Crippen LogP contribution in [0, 0.1) is 6.92 Å². The van der Waals surface area contributed by atoms with Crippen LogP contribution in [0.3, 0.4) is 0 Å². The van der Waals surface area contributed by atoms with Gasteiger partial charge in [0.1, 0.15) is 0 Å². The van der Waals surface area contributed by atoms with Gasteiger partial charge in [-0.05, 0) is 12.5 Å². The second-order valence-electron chi connectivity index (χ2n) is 3.87. The number of rotatable bonds is 0. The maximum Gasteiger partial charge on any atom is 0.0964 e. The van der Waals surface area contributed by atoms with Crippen molar-refractivity contribution in [2.75, 3.05) is 0 Å². The van der Waals surface area contributed by atoms with Crippen LogP contribution in [-0.2, 0) is 13.5 Å². The van der Waals surface area contributed by atoms with E-state index >= 15 is 0 Å². The summed E-state index contributed by atoms with van der Waals surface area (Å²) < 4.78 is 1.97. The maximum absolute atomic E-state index is 4.55. The molecule has 2 heteroatoms. The summed E-state index contributed by atoms with van der Waals surface area (Å²) in [4.78, 5) is 0. The van der Waals surface area contributed by atoms with E-state index in [1.165, 1.54) is 28.1 Å². The summed E-state index contributed by atoms with van der Waals surface area (Å²) in [5.74, 6) is 0. The smallest absolute Gasteiger partial charge is 0.0964 e. The van der Waals surface area contributed by atoms with Crippen LogP contribution in [0.15, 0.2) is 24.3 Å². The second-order valence-corrected chi connectivity index (χ2v) is 3.87. The van der Waals surface area contributed by atoms with Crippen molar-refractivity contribution < 1.29 is 0 Å². The van der Waals surface area contributed by atoms with Crippen LogP contribution < -0.4 is 0 Å². The van der Waals surface area contributed by atoms with Gasteiger partial charge < -0.3 is 0 Å². The molecule has 0 fully saturated rings. The summed E-state index contributed by atoms with van der Waals surface area (Å²) >= 11 is 0. The van der Waals surface area contributed by atoms with E-state index in [2.05, 4.69) is 36.3 Å². The molecular formula is C12H12N2. The number of hydrogen-bond donors (Lipinski definition) is 0. The van der Waals surface area contributed by atoms with E-state index in [1.807, 2.05) is 11.7 Å². The van der Waals surface area contributed by atoms with Crippen molar-refractivity contribution in [3.8, 4) is 11.3 Å². The molecule has 0 saturated carbocycles. The molecule has 70 valence electrons. The summed E-state index contributed by atoms with van der Waals surface area (Å²) in [6.07, 6.45) is 1.05. The number of aryl methyl sites for hydroxylation is 1. The van der Waals surface area contributed by atoms with E-state index in [0.29, 0.717) is 0 Å². The van der Waals surface area contributed by atoms with E-state index in [-0.39, 0.29) is 0 Å². The minimum atomic E-state index is 1.05. The first-order chi connectivity index (χ1) is 6.77. The van der Waals surface area contributed by atoms with Crippen LogP contribution in [-0.4, -0.2) is 9.78 Å². The second kappa shape index (κ2) is 2.47. The zero-order valence-corrected chi connectivity index (χ0v) is 8.41. The first-order valence-electron chi connectivity index (χ1n) is 4.88. The fourth-order valence-corrected chi connectivity index (χ4v) is 2.18. The molecule has 0 saturated heterocycles. The summed E-state index contributed by atoms with van der Waals surface area (Å²) in [6, 6.07) is 8.53. The molecule has 0 bridgehead atoms. The van der Waals surface area contributed by atoms with E-state index in [0.717, 1.165) is 6.42 Å². The largest absolute Gasteiger partial charge is 0.272 e. The SMILES string of the molecule is Cc1c2c(nn1C)-c1ccccc1C2. The van der Waals surface area contributed by atoms with Crippen molar-refractivity contribution in [3.63, 3.8) is 0 Å². The van der Waals surface area contributed by atoms with Crippen molar-refractivity contribution in [2.24, 2.45) is 7.05 Å². The predicted octanol–water partition coefficient (Wildman–Crippen LogP) is 2.30. The fraction of sp³-hybridized carbons (Fsp3) is 0.250. The van der Waals surface area contributed by atoms with Crippen LogP contribution in [0.1, 0.15) is 16.8 Å².